The second-order valence-electron chi connectivity index (χ2n) is 10.2. The molecule has 4 nitrogen and oxygen atoms in total. The maximum atomic E-state index is 12.5. The molecule has 0 bridgehead atoms. The van der Waals surface area contributed by atoms with Gasteiger partial charge < -0.3 is 14.0 Å². The fraction of sp³-hybridized carbons (Fsp3) is 0.833. The first kappa shape index (κ1) is 28.9. The molecule has 1 aromatic rings. The Hall–Kier alpha value is -1.29. The zero-order valence-electron chi connectivity index (χ0n) is 22.5. The van der Waals surface area contributed by atoms with Crippen LogP contribution in [0, 0.1) is 0 Å². The van der Waals surface area contributed by atoms with Gasteiger partial charge in [0.05, 0.1) is 12.3 Å². The minimum atomic E-state index is -0.266. The summed E-state index contributed by atoms with van der Waals surface area (Å²) in [5.74, 6) is 0.508. The molecule has 1 aliphatic heterocycles. The minimum Gasteiger partial charge on any atom is -0.459 e. The quantitative estimate of drug-likeness (QED) is 0.177. The number of ether oxygens (including phenoxy) is 2. The number of rotatable bonds is 20. The van der Waals surface area contributed by atoms with Crippen molar-refractivity contribution in [2.24, 2.45) is 0 Å². The second-order valence-corrected chi connectivity index (χ2v) is 10.2. The number of pyridine rings is 1. The molecule has 0 spiro atoms. The van der Waals surface area contributed by atoms with Crippen molar-refractivity contribution in [3.8, 4) is 5.75 Å². The van der Waals surface area contributed by atoms with E-state index in [9.17, 15) is 4.79 Å². The molecule has 196 valence electrons. The monoisotopic (exact) mass is 475 g/mol. The molecule has 0 aromatic carbocycles. The molecule has 0 aliphatic carbocycles. The summed E-state index contributed by atoms with van der Waals surface area (Å²) in [5, 5.41) is 0. The molecule has 2 heterocycles. The van der Waals surface area contributed by atoms with Gasteiger partial charge in [0.1, 0.15) is 0 Å². The van der Waals surface area contributed by atoms with Gasteiger partial charge in [-0.25, -0.2) is 0 Å². The summed E-state index contributed by atoms with van der Waals surface area (Å²) in [6.07, 6.45) is 27.7. The van der Waals surface area contributed by atoms with Crippen LogP contribution in [0.3, 0.4) is 0 Å². The van der Waals surface area contributed by atoms with Crippen molar-refractivity contribution in [1.82, 2.24) is 4.57 Å². The zero-order chi connectivity index (χ0) is 24.3. The predicted molar refractivity (Wildman–Crippen MR) is 144 cm³/mol. The van der Waals surface area contributed by atoms with Crippen LogP contribution >= 0.6 is 0 Å². The summed E-state index contributed by atoms with van der Waals surface area (Å²) in [6, 6.07) is 1.66. The summed E-state index contributed by atoms with van der Waals surface area (Å²) in [6.45, 7) is 6.08. The number of hydrogen-bond donors (Lipinski definition) is 0. The summed E-state index contributed by atoms with van der Waals surface area (Å²) >= 11 is 0. The maximum absolute atomic E-state index is 12.5. The highest BCUT2D eigenvalue weighted by molar-refractivity contribution is 5.28. The predicted octanol–water partition coefficient (Wildman–Crippen LogP) is 8.58. The molecule has 2 rings (SSSR count). The van der Waals surface area contributed by atoms with Gasteiger partial charge in [-0.3, -0.25) is 4.79 Å². The van der Waals surface area contributed by atoms with Gasteiger partial charge in [0, 0.05) is 25.2 Å². The standard InChI is InChI=1S/C30H53NO3/c1-3-5-6-7-8-9-10-11-12-13-14-15-16-17-18-20-24-31-25-23-28(32)30(27(31)4-2)34-29-22-19-21-26-33-29/h23,25,29H,3-22,24,26H2,1-2H3. The highest BCUT2D eigenvalue weighted by atomic mass is 16.7. The van der Waals surface area contributed by atoms with E-state index in [1.807, 2.05) is 6.20 Å². The lowest BCUT2D eigenvalue weighted by atomic mass is 10.0. The summed E-state index contributed by atoms with van der Waals surface area (Å²) < 4.78 is 14.0. The molecule has 4 heteroatoms. The van der Waals surface area contributed by atoms with Crippen molar-refractivity contribution in [2.45, 2.75) is 155 Å². The van der Waals surface area contributed by atoms with Gasteiger partial charge in [0.25, 0.3) is 0 Å². The van der Waals surface area contributed by atoms with Crippen molar-refractivity contribution in [3.63, 3.8) is 0 Å². The molecule has 1 aromatic heterocycles. The normalized spacial score (nSPS) is 16.1. The van der Waals surface area contributed by atoms with E-state index in [2.05, 4.69) is 18.4 Å². The molecular weight excluding hydrogens is 422 g/mol. The van der Waals surface area contributed by atoms with E-state index in [0.29, 0.717) is 5.75 Å². The second kappa shape index (κ2) is 19.0. The maximum Gasteiger partial charge on any atom is 0.223 e. The third-order valence-electron chi connectivity index (χ3n) is 7.21. The van der Waals surface area contributed by atoms with E-state index in [-0.39, 0.29) is 11.7 Å². The van der Waals surface area contributed by atoms with Crippen LogP contribution in [0.2, 0.25) is 0 Å². The first-order valence-corrected chi connectivity index (χ1v) is 14.8. The SMILES string of the molecule is CCCCCCCCCCCCCCCCCCn1ccc(=O)c(OC2CCCCO2)c1CC. The Balaban J connectivity index is 1.52. The van der Waals surface area contributed by atoms with E-state index in [4.69, 9.17) is 9.47 Å². The lowest BCUT2D eigenvalue weighted by Gasteiger charge is -2.25. The third kappa shape index (κ3) is 11.9. The van der Waals surface area contributed by atoms with Gasteiger partial charge in [-0.15, -0.1) is 0 Å². The average molecular weight is 476 g/mol. The fourth-order valence-corrected chi connectivity index (χ4v) is 5.06. The van der Waals surface area contributed by atoms with Gasteiger partial charge in [-0.1, -0.05) is 110 Å². The minimum absolute atomic E-state index is 0.0192. The summed E-state index contributed by atoms with van der Waals surface area (Å²) in [5.41, 5.74) is 0.997. The van der Waals surface area contributed by atoms with Crippen LogP contribution in [-0.4, -0.2) is 17.5 Å². The first-order chi connectivity index (χ1) is 16.8. The Morgan fingerprint density at radius 1 is 0.824 bits per heavy atom. The van der Waals surface area contributed by atoms with E-state index < -0.39 is 0 Å². The topological polar surface area (TPSA) is 40.5 Å². The van der Waals surface area contributed by atoms with Gasteiger partial charge in [0.2, 0.25) is 5.43 Å². The van der Waals surface area contributed by atoms with Gasteiger partial charge in [0.15, 0.2) is 12.0 Å². The number of nitrogens with zero attached hydrogens (tertiary/aromatic N) is 1. The molecular formula is C30H53NO3. The Kier molecular flexibility index (Phi) is 16.1. The van der Waals surface area contributed by atoms with Crippen LogP contribution in [-0.2, 0) is 17.7 Å². The summed E-state index contributed by atoms with van der Waals surface area (Å²) in [7, 11) is 0. The molecule has 0 N–H and O–H groups in total. The van der Waals surface area contributed by atoms with Crippen LogP contribution < -0.4 is 10.2 Å². The molecule has 1 fully saturated rings. The number of aryl methyl sites for hydroxylation is 1. The molecule has 34 heavy (non-hydrogen) atoms. The van der Waals surface area contributed by atoms with Crippen molar-refractivity contribution in [1.29, 1.82) is 0 Å². The summed E-state index contributed by atoms with van der Waals surface area (Å²) in [4.78, 5) is 12.5. The molecule has 0 amide bonds. The Morgan fingerprint density at radius 3 is 1.88 bits per heavy atom. The number of hydrogen-bond acceptors (Lipinski definition) is 3. The lowest BCUT2D eigenvalue weighted by Crippen LogP contribution is -2.28. The molecule has 1 unspecified atom stereocenters. The molecule has 1 saturated heterocycles. The van der Waals surface area contributed by atoms with Crippen molar-refractivity contribution in [3.05, 3.63) is 28.2 Å². The van der Waals surface area contributed by atoms with Crippen molar-refractivity contribution in [2.75, 3.05) is 6.61 Å². The van der Waals surface area contributed by atoms with Crippen LogP contribution in [0.1, 0.15) is 142 Å². The largest absolute Gasteiger partial charge is 0.459 e. The smallest absolute Gasteiger partial charge is 0.223 e. The molecule has 0 saturated carbocycles. The van der Waals surface area contributed by atoms with Crippen molar-refractivity contribution < 1.29 is 9.47 Å². The van der Waals surface area contributed by atoms with Crippen LogP contribution in [0.25, 0.3) is 0 Å². The van der Waals surface area contributed by atoms with E-state index >= 15 is 0 Å². The van der Waals surface area contributed by atoms with Crippen LogP contribution in [0.5, 0.6) is 5.75 Å². The Morgan fingerprint density at radius 2 is 1.38 bits per heavy atom. The van der Waals surface area contributed by atoms with Crippen LogP contribution in [0.4, 0.5) is 0 Å². The molecule has 1 atom stereocenters. The first-order valence-electron chi connectivity index (χ1n) is 14.8. The Bertz CT molecular complexity index is 678. The average Bonchev–Trinajstić information content (AvgIpc) is 2.86. The lowest BCUT2D eigenvalue weighted by molar-refractivity contribution is -0.107. The molecule has 0 radical (unpaired) electrons. The highest BCUT2D eigenvalue weighted by Crippen LogP contribution is 2.21. The number of aromatic nitrogens is 1. The fourth-order valence-electron chi connectivity index (χ4n) is 5.06. The third-order valence-corrected chi connectivity index (χ3v) is 7.21. The zero-order valence-corrected chi connectivity index (χ0v) is 22.5. The van der Waals surface area contributed by atoms with Gasteiger partial charge in [-0.2, -0.15) is 0 Å². The molecule has 1 aliphatic rings. The van der Waals surface area contributed by atoms with E-state index in [1.165, 1.54) is 96.3 Å². The van der Waals surface area contributed by atoms with Gasteiger partial charge in [-0.05, 0) is 25.7 Å². The van der Waals surface area contributed by atoms with Gasteiger partial charge >= 0.3 is 0 Å². The van der Waals surface area contributed by atoms with E-state index in [1.54, 1.807) is 6.07 Å². The highest BCUT2D eigenvalue weighted by Gasteiger charge is 2.19. The van der Waals surface area contributed by atoms with E-state index in [0.717, 1.165) is 50.9 Å². The Labute approximate surface area is 209 Å². The van der Waals surface area contributed by atoms with Crippen LogP contribution in [0.15, 0.2) is 17.1 Å². The van der Waals surface area contributed by atoms with Crippen molar-refractivity contribution >= 4 is 0 Å². The number of unbranched alkanes of at least 4 members (excludes halogenated alkanes) is 15.